The zero-order valence-corrected chi connectivity index (χ0v) is 62.1. The summed E-state index contributed by atoms with van der Waals surface area (Å²) in [4.78, 5) is 0. The first-order valence-corrected chi connectivity index (χ1v) is 38.7. The van der Waals surface area contributed by atoms with E-state index in [2.05, 4.69) is 374 Å². The number of fused-ring (bicyclic) bond motifs is 17. The molecule has 0 aliphatic rings. The van der Waals surface area contributed by atoms with Crippen molar-refractivity contribution in [3.05, 3.63) is 374 Å². The highest BCUT2D eigenvalue weighted by Crippen LogP contribution is 2.53. The monoisotopic (exact) mass is 1430 g/mol. The van der Waals surface area contributed by atoms with Crippen LogP contribution < -0.4 is 0 Å². The van der Waals surface area contributed by atoms with Gasteiger partial charge in [-0.3, -0.25) is 0 Å². The maximum absolute atomic E-state index is 7.38. The Morgan fingerprint density at radius 2 is 0.759 bits per heavy atom. The maximum atomic E-state index is 7.38. The van der Waals surface area contributed by atoms with Crippen molar-refractivity contribution in [1.82, 2.24) is 0 Å². The molecule has 22 aromatic rings. The zero-order valence-electron chi connectivity index (χ0n) is 62.1. The van der Waals surface area contributed by atoms with Gasteiger partial charge in [0.15, 0.2) is 0 Å². The van der Waals surface area contributed by atoms with Crippen LogP contribution in [0.1, 0.15) is 43.0 Å². The van der Waals surface area contributed by atoms with Crippen LogP contribution in [0, 0.1) is 6.92 Å². The molecule has 112 heavy (non-hydrogen) atoms. The summed E-state index contributed by atoms with van der Waals surface area (Å²) in [6, 6.07) is 120. The molecular weight excluding hydrogens is 1360 g/mol. The lowest BCUT2D eigenvalue weighted by Gasteiger charge is -2.23. The van der Waals surface area contributed by atoms with Crippen molar-refractivity contribution in [2.45, 2.75) is 27.7 Å². The molecule has 4 heteroatoms. The van der Waals surface area contributed by atoms with E-state index in [0.29, 0.717) is 0 Å². The predicted octanol–water partition coefficient (Wildman–Crippen LogP) is 31.5. The number of allylic oxidation sites excluding steroid dienone is 5. The van der Waals surface area contributed by atoms with Crippen molar-refractivity contribution >= 4 is 153 Å². The molecule has 0 bridgehead atoms. The summed E-state index contributed by atoms with van der Waals surface area (Å²) in [5.74, 6) is 0. The van der Waals surface area contributed by atoms with Gasteiger partial charge in [0, 0.05) is 48.7 Å². The Morgan fingerprint density at radius 3 is 1.46 bits per heavy atom. The highest BCUT2D eigenvalue weighted by atomic mass is 16.3. The third kappa shape index (κ3) is 9.94. The Labute approximate surface area is 646 Å². The van der Waals surface area contributed by atoms with Gasteiger partial charge in [0.25, 0.3) is 0 Å². The molecule has 526 valence electrons. The van der Waals surface area contributed by atoms with Crippen molar-refractivity contribution in [3.8, 4) is 77.9 Å². The van der Waals surface area contributed by atoms with E-state index in [9.17, 15) is 0 Å². The Morgan fingerprint density at radius 1 is 0.277 bits per heavy atom. The van der Waals surface area contributed by atoms with E-state index in [4.69, 9.17) is 17.7 Å². The van der Waals surface area contributed by atoms with Crippen molar-refractivity contribution in [3.63, 3.8) is 0 Å². The minimum atomic E-state index is 0.805. The van der Waals surface area contributed by atoms with Crippen LogP contribution >= 0.6 is 0 Å². The average molecular weight is 1430 g/mol. The van der Waals surface area contributed by atoms with Gasteiger partial charge >= 0.3 is 0 Å². The number of furan rings is 4. The molecule has 0 fully saturated rings. The molecule has 0 saturated carbocycles. The molecule has 18 aromatic carbocycles. The summed E-state index contributed by atoms with van der Waals surface area (Å²) in [5.41, 5.74) is 29.6. The molecule has 4 heterocycles. The van der Waals surface area contributed by atoms with Crippen LogP contribution in [0.25, 0.3) is 231 Å². The molecular formula is C108H70O4. The lowest BCUT2D eigenvalue weighted by molar-refractivity contribution is 0.668. The first kappa shape index (κ1) is 64.8. The zero-order chi connectivity index (χ0) is 74.4. The molecule has 0 spiro atoms. The van der Waals surface area contributed by atoms with Gasteiger partial charge in [-0.05, 0) is 254 Å². The molecule has 22 rings (SSSR count). The van der Waals surface area contributed by atoms with Gasteiger partial charge in [0.2, 0.25) is 0 Å². The van der Waals surface area contributed by atoms with Crippen LogP contribution in [0.4, 0.5) is 0 Å². The summed E-state index contributed by atoms with van der Waals surface area (Å²) in [7, 11) is 0. The van der Waals surface area contributed by atoms with Crippen molar-refractivity contribution < 1.29 is 17.7 Å². The Balaban J connectivity index is 0.736. The minimum Gasteiger partial charge on any atom is -0.456 e. The summed E-state index contributed by atoms with van der Waals surface area (Å²) >= 11 is 0. The molecule has 0 unspecified atom stereocenters. The van der Waals surface area contributed by atoms with E-state index in [-0.39, 0.29) is 0 Å². The fraction of sp³-hybridized carbons (Fsp3) is 0.0370. The second-order valence-electron chi connectivity index (χ2n) is 29.8. The van der Waals surface area contributed by atoms with E-state index in [1.54, 1.807) is 0 Å². The van der Waals surface area contributed by atoms with E-state index in [0.717, 1.165) is 171 Å². The van der Waals surface area contributed by atoms with Crippen LogP contribution in [0.3, 0.4) is 0 Å². The first-order valence-electron chi connectivity index (χ1n) is 38.7. The lowest BCUT2D eigenvalue weighted by atomic mass is 9.81. The SMILES string of the molecule is C/C=C\C=C(/C)c1c(-c2c(C)c(/C(=C\C)c3ccc4oc5cccc(-c6cccc7c6oc6cccc(-c8cccc9c(-c%10ccc%11ccccc%11c%10-c%10ccccc%10)c%10cccc(-c%11cccc%12oc%13ccccc%13c%11%12)c%10cc89)c67)c5c4c3)cc3c(-c4ccc5oc6ccccc6c5c4)cccc23)ccc2ccccc12. The summed E-state index contributed by atoms with van der Waals surface area (Å²) in [5, 5.41) is 20.3. The number of hydrogen-bond donors (Lipinski definition) is 0. The number of rotatable bonds is 11. The Bertz CT molecular complexity index is 7850. The smallest absolute Gasteiger partial charge is 0.143 e. The van der Waals surface area contributed by atoms with Crippen LogP contribution in [0.5, 0.6) is 0 Å². The minimum absolute atomic E-state index is 0.805. The van der Waals surface area contributed by atoms with Crippen LogP contribution in [-0.4, -0.2) is 0 Å². The highest BCUT2D eigenvalue weighted by molar-refractivity contribution is 6.27. The van der Waals surface area contributed by atoms with Crippen LogP contribution in [0.15, 0.2) is 370 Å². The molecule has 4 aromatic heterocycles. The van der Waals surface area contributed by atoms with E-state index in [1.165, 1.54) is 82.4 Å². The fourth-order valence-electron chi connectivity index (χ4n) is 18.8. The standard InChI is InChI=1S/C108H70O4/c1-5-7-26-63(3)101-72-31-13-11-27-65(72)51-55-85(101)102-64(4)88(61-89-71(35-19-38-80(89)102)69-54-57-96-92(59-69)76-33-15-17-46-94(76)109-96)70(6-2)68-53-58-97-93(60-68)107-79(43-25-49-99(107)111-97)83-44-22-45-87-106-78(42-24-50-100(106)112-108(83)87)75-37-21-40-82-91(75)62-90-74(77-41-23-48-98-105(77)84-34-16-18-47-95(84)110-98)36-20-39-81(90)104(82)86-56-52-66-28-12-14-32-73(66)103(86)67-29-9-8-10-30-67/h5-62H,1-4H3/b7-5-,63-26+,70-6-. The maximum Gasteiger partial charge on any atom is 0.143 e. The van der Waals surface area contributed by atoms with Crippen molar-refractivity contribution in [1.29, 1.82) is 0 Å². The number of benzene rings is 18. The van der Waals surface area contributed by atoms with Crippen LogP contribution in [0.2, 0.25) is 0 Å². The molecule has 0 aliphatic carbocycles. The third-order valence-corrected chi connectivity index (χ3v) is 23.7. The molecule has 0 atom stereocenters. The van der Waals surface area contributed by atoms with Gasteiger partial charge in [0.1, 0.15) is 44.7 Å². The van der Waals surface area contributed by atoms with Gasteiger partial charge in [-0.25, -0.2) is 0 Å². The molecule has 0 radical (unpaired) electrons. The summed E-state index contributed by atoms with van der Waals surface area (Å²) in [6.45, 7) is 8.84. The van der Waals surface area contributed by atoms with E-state index < -0.39 is 0 Å². The van der Waals surface area contributed by atoms with E-state index >= 15 is 0 Å². The first-order chi connectivity index (χ1) is 55.3. The van der Waals surface area contributed by atoms with Gasteiger partial charge < -0.3 is 17.7 Å². The van der Waals surface area contributed by atoms with Gasteiger partial charge in [-0.15, -0.1) is 0 Å². The second-order valence-corrected chi connectivity index (χ2v) is 29.8. The summed E-state index contributed by atoms with van der Waals surface area (Å²) < 4.78 is 27.4. The van der Waals surface area contributed by atoms with E-state index in [1.807, 2.05) is 6.07 Å². The fourth-order valence-corrected chi connectivity index (χ4v) is 18.8. The second kappa shape index (κ2) is 25.7. The quantitative estimate of drug-likeness (QED) is 0.0957. The largest absolute Gasteiger partial charge is 0.456 e. The Hall–Kier alpha value is -14.3. The topological polar surface area (TPSA) is 52.6 Å². The third-order valence-electron chi connectivity index (χ3n) is 23.7. The normalized spacial score (nSPS) is 12.5. The summed E-state index contributed by atoms with van der Waals surface area (Å²) in [6.07, 6.45) is 8.81. The number of hydrogen-bond acceptors (Lipinski definition) is 4. The van der Waals surface area contributed by atoms with Crippen LogP contribution in [-0.2, 0) is 0 Å². The molecule has 0 saturated heterocycles. The Kier molecular flexibility index (Phi) is 14.9. The molecule has 0 N–H and O–H groups in total. The van der Waals surface area contributed by atoms with Gasteiger partial charge in [0.05, 0.1) is 0 Å². The average Bonchev–Trinajstić information content (AvgIpc) is 0.807. The van der Waals surface area contributed by atoms with Gasteiger partial charge in [-0.2, -0.15) is 0 Å². The van der Waals surface area contributed by atoms with Gasteiger partial charge in [-0.1, -0.05) is 285 Å². The molecule has 4 nitrogen and oxygen atoms in total. The predicted molar refractivity (Wildman–Crippen MR) is 474 cm³/mol. The van der Waals surface area contributed by atoms with Crippen molar-refractivity contribution in [2.24, 2.45) is 0 Å². The number of para-hydroxylation sites is 3. The molecule has 0 amide bonds. The van der Waals surface area contributed by atoms with Crippen molar-refractivity contribution in [2.75, 3.05) is 0 Å². The highest BCUT2D eigenvalue weighted by Gasteiger charge is 2.28. The lowest BCUT2D eigenvalue weighted by Crippen LogP contribution is -1.99. The molecule has 0 aliphatic heterocycles.